The summed E-state index contributed by atoms with van der Waals surface area (Å²) in [5.41, 5.74) is -5.28. The van der Waals surface area contributed by atoms with E-state index in [0.29, 0.717) is 19.4 Å². The van der Waals surface area contributed by atoms with E-state index in [1.165, 1.54) is 7.11 Å². The van der Waals surface area contributed by atoms with E-state index >= 15 is 0 Å². The number of aliphatic hydroxyl groups is 5. The molecule has 0 aromatic heterocycles. The monoisotopic (exact) mass is 779 g/mol. The number of methoxy groups -OCH3 is 1. The fourth-order valence-electron chi connectivity index (χ4n) is 8.26. The number of hydrogen-bond donors (Lipinski definition) is 5. The number of aliphatic hydroxyl groups excluding tert-OH is 2. The zero-order valence-electron chi connectivity index (χ0n) is 36.2. The molecule has 2 rings (SSSR count). The summed E-state index contributed by atoms with van der Waals surface area (Å²) in [6.45, 7) is 21.9. The van der Waals surface area contributed by atoms with Crippen molar-refractivity contribution < 1.29 is 58.7 Å². The maximum absolute atomic E-state index is 13.6. The Morgan fingerprint density at radius 3 is 2.13 bits per heavy atom. The van der Waals surface area contributed by atoms with Gasteiger partial charge in [0.1, 0.15) is 17.3 Å². The Hall–Kier alpha value is -1.01. The van der Waals surface area contributed by atoms with Crippen LogP contribution in [0.3, 0.4) is 0 Å². The highest BCUT2D eigenvalue weighted by Crippen LogP contribution is 2.43. The van der Waals surface area contributed by atoms with E-state index in [1.54, 1.807) is 48.5 Å². The van der Waals surface area contributed by atoms with Gasteiger partial charge >= 0.3 is 5.97 Å². The van der Waals surface area contributed by atoms with Gasteiger partial charge in [-0.25, -0.2) is 0 Å². The van der Waals surface area contributed by atoms with Crippen molar-refractivity contribution in [1.29, 1.82) is 0 Å². The molecule has 0 aromatic carbocycles. The molecule has 0 spiro atoms. The summed E-state index contributed by atoms with van der Waals surface area (Å²) >= 11 is 0. The summed E-state index contributed by atoms with van der Waals surface area (Å²) in [4.78, 5) is 17.5. The number of nitrogens with zero attached hydrogens (tertiary/aromatic N) is 2. The SMILES string of the molecule is CCCOC(=O)C(C)C(OC1CC(C)(OC)C(C)(O)C(C)O1)C(C)C(OC1OC(C)CC(N(C)C)C1O)C(C)(O)CC(C)CN(C)C(C)C(O)C(C)(C)O. The Bertz CT molecular complexity index is 1150. The number of ether oxygens (including phenoxy) is 6. The van der Waals surface area contributed by atoms with Crippen LogP contribution < -0.4 is 0 Å². The zero-order valence-corrected chi connectivity index (χ0v) is 36.2. The summed E-state index contributed by atoms with van der Waals surface area (Å²) in [6.07, 6.45) is -5.44. The van der Waals surface area contributed by atoms with Gasteiger partial charge in [-0.05, 0) is 109 Å². The highest BCUT2D eigenvalue weighted by atomic mass is 16.7. The summed E-state index contributed by atoms with van der Waals surface area (Å²) in [5, 5.41) is 56.7. The molecule has 14 heteroatoms. The van der Waals surface area contributed by atoms with Crippen molar-refractivity contribution in [2.75, 3.05) is 41.4 Å². The molecule has 16 unspecified atom stereocenters. The van der Waals surface area contributed by atoms with Crippen LogP contribution in [0.5, 0.6) is 0 Å². The summed E-state index contributed by atoms with van der Waals surface area (Å²) in [7, 11) is 7.16. The van der Waals surface area contributed by atoms with Gasteiger partial charge in [0.2, 0.25) is 0 Å². The van der Waals surface area contributed by atoms with Crippen molar-refractivity contribution in [3.05, 3.63) is 0 Å². The van der Waals surface area contributed by atoms with Gasteiger partial charge in [0, 0.05) is 38.1 Å². The van der Waals surface area contributed by atoms with Crippen molar-refractivity contribution in [1.82, 2.24) is 9.80 Å². The predicted molar refractivity (Wildman–Crippen MR) is 206 cm³/mol. The lowest BCUT2D eigenvalue weighted by molar-refractivity contribution is -0.334. The van der Waals surface area contributed by atoms with E-state index in [-0.39, 0.29) is 43.6 Å². The molecule has 2 saturated heterocycles. The average molecular weight is 779 g/mol. The molecule has 0 bridgehead atoms. The van der Waals surface area contributed by atoms with E-state index in [2.05, 4.69) is 0 Å². The molecule has 0 radical (unpaired) electrons. The maximum atomic E-state index is 13.6. The highest BCUT2D eigenvalue weighted by molar-refractivity contribution is 5.72. The number of rotatable bonds is 20. The number of hydrogen-bond acceptors (Lipinski definition) is 14. The minimum atomic E-state index is -1.57. The van der Waals surface area contributed by atoms with Gasteiger partial charge in [0.25, 0.3) is 0 Å². The van der Waals surface area contributed by atoms with Gasteiger partial charge in [0.15, 0.2) is 12.6 Å². The van der Waals surface area contributed by atoms with Crippen LogP contribution in [0.1, 0.15) is 109 Å². The second-order valence-electron chi connectivity index (χ2n) is 18.0. The van der Waals surface area contributed by atoms with Crippen LogP contribution in [0.2, 0.25) is 0 Å². The van der Waals surface area contributed by atoms with Crippen molar-refractivity contribution >= 4 is 5.97 Å². The normalized spacial score (nSPS) is 34.8. The molecule has 320 valence electrons. The summed E-state index contributed by atoms with van der Waals surface area (Å²) in [5.74, 6) is -2.20. The third kappa shape index (κ3) is 12.0. The van der Waals surface area contributed by atoms with Crippen LogP contribution in [0, 0.1) is 17.8 Å². The van der Waals surface area contributed by atoms with Gasteiger partial charge in [-0.3, -0.25) is 4.79 Å². The molecular weight excluding hydrogens is 700 g/mol. The van der Waals surface area contributed by atoms with E-state index in [9.17, 15) is 30.3 Å². The molecule has 2 aliphatic heterocycles. The molecule has 5 N–H and O–H groups in total. The number of carbonyl (C=O) groups excluding carboxylic acids is 1. The third-order valence-corrected chi connectivity index (χ3v) is 12.2. The quantitative estimate of drug-likeness (QED) is 0.114. The van der Waals surface area contributed by atoms with E-state index in [0.717, 1.165) is 0 Å². The number of carbonyl (C=O) groups is 1. The predicted octanol–water partition coefficient (Wildman–Crippen LogP) is 2.93. The first-order valence-electron chi connectivity index (χ1n) is 19.9. The molecule has 54 heavy (non-hydrogen) atoms. The molecule has 16 atom stereocenters. The van der Waals surface area contributed by atoms with Crippen LogP contribution >= 0.6 is 0 Å². The fraction of sp³-hybridized carbons (Fsp3) is 0.975. The zero-order chi connectivity index (χ0) is 41.7. The largest absolute Gasteiger partial charge is 0.465 e. The Labute approximate surface area is 325 Å². The molecule has 0 aromatic rings. The van der Waals surface area contributed by atoms with Crippen LogP contribution in [0.25, 0.3) is 0 Å². The van der Waals surface area contributed by atoms with Gasteiger partial charge < -0.3 is 63.8 Å². The van der Waals surface area contributed by atoms with Gasteiger partial charge in [-0.1, -0.05) is 20.8 Å². The van der Waals surface area contributed by atoms with Crippen molar-refractivity contribution in [2.24, 2.45) is 17.8 Å². The Balaban J connectivity index is 2.60. The fourth-order valence-corrected chi connectivity index (χ4v) is 8.26. The molecule has 0 aliphatic carbocycles. The van der Waals surface area contributed by atoms with Gasteiger partial charge in [0.05, 0.1) is 54.2 Å². The molecule has 0 amide bonds. The molecular formula is C40H78N2O12. The topological polar surface area (TPSA) is 180 Å². The summed E-state index contributed by atoms with van der Waals surface area (Å²) < 4.78 is 37.4. The number of esters is 1. The average Bonchev–Trinajstić information content (AvgIpc) is 3.06. The molecule has 2 heterocycles. The summed E-state index contributed by atoms with van der Waals surface area (Å²) in [6, 6.07) is -0.662. The Kier molecular flexibility index (Phi) is 17.9. The first-order valence-corrected chi connectivity index (χ1v) is 19.9. The standard InChI is InChI=1S/C40H78N2O12/c1-17-18-50-35(45)26(5)32(53-30-21-39(11,49-16)40(12,48)28(7)52-30)25(4)34(54-36-31(43)29(41(13)14)19-24(3)51-36)38(10,47)20-23(2)22-42(15)27(6)33(44)37(8,9)46/h23-34,36,43-44,46-48H,17-22H2,1-16H3. The lowest BCUT2D eigenvalue weighted by atomic mass is 9.76. The van der Waals surface area contributed by atoms with Crippen LogP contribution in [0.15, 0.2) is 0 Å². The third-order valence-electron chi connectivity index (χ3n) is 12.2. The van der Waals surface area contributed by atoms with Crippen molar-refractivity contribution in [3.8, 4) is 0 Å². The molecule has 14 nitrogen and oxygen atoms in total. The van der Waals surface area contributed by atoms with Crippen molar-refractivity contribution in [2.45, 2.75) is 192 Å². The first-order chi connectivity index (χ1) is 24.6. The van der Waals surface area contributed by atoms with E-state index in [4.69, 9.17) is 28.4 Å². The van der Waals surface area contributed by atoms with E-state index < -0.39 is 83.3 Å². The maximum Gasteiger partial charge on any atom is 0.311 e. The van der Waals surface area contributed by atoms with Crippen LogP contribution in [0.4, 0.5) is 0 Å². The first kappa shape index (κ1) is 49.1. The van der Waals surface area contributed by atoms with Gasteiger partial charge in [-0.15, -0.1) is 0 Å². The van der Waals surface area contributed by atoms with Crippen LogP contribution in [-0.4, -0.2) is 166 Å². The molecule has 0 saturated carbocycles. The lowest BCUT2D eigenvalue weighted by Gasteiger charge is -2.52. The Morgan fingerprint density at radius 2 is 1.61 bits per heavy atom. The minimum absolute atomic E-state index is 0.146. The van der Waals surface area contributed by atoms with E-state index in [1.807, 2.05) is 65.6 Å². The minimum Gasteiger partial charge on any atom is -0.465 e. The second kappa shape index (κ2) is 19.6. The van der Waals surface area contributed by atoms with Crippen LogP contribution in [-0.2, 0) is 33.2 Å². The molecule has 2 fully saturated rings. The second-order valence-corrected chi connectivity index (χ2v) is 18.0. The number of likely N-dealkylation sites (N-methyl/N-ethyl adjacent to an activating group) is 2. The van der Waals surface area contributed by atoms with Gasteiger partial charge in [-0.2, -0.15) is 0 Å². The highest BCUT2D eigenvalue weighted by Gasteiger charge is 2.56. The smallest absolute Gasteiger partial charge is 0.311 e. The van der Waals surface area contributed by atoms with Crippen molar-refractivity contribution in [3.63, 3.8) is 0 Å². The molecule has 2 aliphatic rings. The lowest BCUT2D eigenvalue weighted by Crippen LogP contribution is -2.65. The Morgan fingerprint density at radius 1 is 1.02 bits per heavy atom.